The molecular formula is C21H20N2O4. The van der Waals surface area contributed by atoms with Gasteiger partial charge in [-0.2, -0.15) is 0 Å². The summed E-state index contributed by atoms with van der Waals surface area (Å²) in [7, 11) is 0. The second-order valence-electron chi connectivity index (χ2n) is 6.03. The fourth-order valence-electron chi connectivity index (χ4n) is 2.60. The van der Waals surface area contributed by atoms with Gasteiger partial charge in [-0.25, -0.2) is 4.99 Å². The lowest BCUT2D eigenvalue weighted by atomic mass is 10.1. The van der Waals surface area contributed by atoms with Crippen molar-refractivity contribution in [2.75, 3.05) is 6.61 Å². The van der Waals surface area contributed by atoms with Crippen molar-refractivity contribution >= 4 is 28.5 Å². The summed E-state index contributed by atoms with van der Waals surface area (Å²) in [6, 6.07) is 14.6. The third kappa shape index (κ3) is 4.23. The van der Waals surface area contributed by atoms with Gasteiger partial charge >= 0.3 is 0 Å². The lowest BCUT2D eigenvalue weighted by Crippen LogP contribution is -2.32. The van der Waals surface area contributed by atoms with E-state index in [-0.39, 0.29) is 11.1 Å². The van der Waals surface area contributed by atoms with Gasteiger partial charge in [0.25, 0.3) is 5.91 Å². The van der Waals surface area contributed by atoms with Gasteiger partial charge in [0.05, 0.1) is 12.3 Å². The first kappa shape index (κ1) is 18.4. The van der Waals surface area contributed by atoms with E-state index in [4.69, 9.17) is 9.15 Å². The van der Waals surface area contributed by atoms with E-state index in [1.165, 1.54) is 6.92 Å². The van der Waals surface area contributed by atoms with Crippen LogP contribution in [0.5, 0.6) is 5.75 Å². The summed E-state index contributed by atoms with van der Waals surface area (Å²) in [4.78, 5) is 28.3. The molecule has 1 aromatic heterocycles. The van der Waals surface area contributed by atoms with E-state index < -0.39 is 11.8 Å². The minimum Gasteiger partial charge on any atom is -0.490 e. The van der Waals surface area contributed by atoms with E-state index in [1.54, 1.807) is 12.1 Å². The third-order valence-electron chi connectivity index (χ3n) is 3.84. The Hall–Kier alpha value is -3.41. The van der Waals surface area contributed by atoms with E-state index in [0.717, 1.165) is 5.56 Å². The fourth-order valence-corrected chi connectivity index (χ4v) is 2.60. The summed E-state index contributed by atoms with van der Waals surface area (Å²) in [6.07, 6.45) is 0. The molecule has 0 aliphatic carbocycles. The van der Waals surface area contributed by atoms with E-state index in [0.29, 0.717) is 29.0 Å². The number of amides is 2. The minimum atomic E-state index is -0.569. The van der Waals surface area contributed by atoms with Crippen molar-refractivity contribution < 1.29 is 18.7 Å². The maximum atomic E-state index is 12.5. The molecule has 0 saturated carbocycles. The van der Waals surface area contributed by atoms with Gasteiger partial charge in [-0.15, -0.1) is 0 Å². The number of aryl methyl sites for hydroxylation is 1. The molecule has 0 spiro atoms. The number of ether oxygens (including phenoxy) is 1. The molecule has 2 amide bonds. The molecule has 1 heterocycles. The van der Waals surface area contributed by atoms with Crippen LogP contribution in [0.15, 0.2) is 57.9 Å². The Bertz CT molecular complexity index is 1070. The van der Waals surface area contributed by atoms with Gasteiger partial charge in [0.2, 0.25) is 11.5 Å². The normalized spacial score (nSPS) is 11.4. The van der Waals surface area contributed by atoms with E-state index in [9.17, 15) is 9.59 Å². The van der Waals surface area contributed by atoms with Gasteiger partial charge in [-0.05, 0) is 38.1 Å². The number of hydrogen-bond donors (Lipinski definition) is 1. The first-order valence-electron chi connectivity index (χ1n) is 8.61. The van der Waals surface area contributed by atoms with Crippen LogP contribution in [0.4, 0.5) is 5.69 Å². The lowest BCUT2D eigenvalue weighted by Gasteiger charge is -2.08. The molecule has 3 rings (SSSR count). The summed E-state index contributed by atoms with van der Waals surface area (Å²) < 4.78 is 11.6. The average Bonchev–Trinajstić information content (AvgIpc) is 2.63. The zero-order valence-electron chi connectivity index (χ0n) is 15.4. The Balaban J connectivity index is 2.25. The smallest absolute Gasteiger partial charge is 0.263 e. The molecule has 6 nitrogen and oxygen atoms in total. The van der Waals surface area contributed by atoms with Crippen LogP contribution in [-0.2, 0) is 4.79 Å². The highest BCUT2D eigenvalue weighted by atomic mass is 16.5. The first-order valence-corrected chi connectivity index (χ1v) is 8.61. The zero-order valence-corrected chi connectivity index (χ0v) is 15.4. The van der Waals surface area contributed by atoms with Crippen molar-refractivity contribution in [1.29, 1.82) is 0 Å². The number of carbonyl (C=O) groups is 2. The number of fused-ring (bicyclic) bond motifs is 1. The highest BCUT2D eigenvalue weighted by molar-refractivity contribution is 6.05. The minimum absolute atomic E-state index is 0.109. The predicted octanol–water partition coefficient (Wildman–Crippen LogP) is 3.65. The number of carbonyl (C=O) groups excluding carboxylic acids is 2. The molecule has 0 radical (unpaired) electrons. The van der Waals surface area contributed by atoms with Crippen molar-refractivity contribution in [2.24, 2.45) is 4.99 Å². The standard InChI is InChI=1S/C21H20N2O4/c1-4-26-18-7-5-6-15-12-17(20(25)22-14(3)24)21(27-19(15)18)23-16-10-8-13(2)9-11-16/h5-12H,4H2,1-3H3,(H,22,24,25). The summed E-state index contributed by atoms with van der Waals surface area (Å²) >= 11 is 0. The molecule has 1 N–H and O–H groups in total. The van der Waals surface area contributed by atoms with Crippen LogP contribution in [0, 0.1) is 6.92 Å². The average molecular weight is 364 g/mol. The van der Waals surface area contributed by atoms with Gasteiger partial charge in [-0.3, -0.25) is 14.9 Å². The van der Waals surface area contributed by atoms with Gasteiger partial charge < -0.3 is 9.15 Å². The Morgan fingerprint density at radius 2 is 1.89 bits per heavy atom. The molecule has 27 heavy (non-hydrogen) atoms. The molecule has 0 unspecified atom stereocenters. The summed E-state index contributed by atoms with van der Waals surface area (Å²) in [5.41, 5.74) is 2.50. The third-order valence-corrected chi connectivity index (χ3v) is 3.84. The van der Waals surface area contributed by atoms with Crippen molar-refractivity contribution in [3.05, 3.63) is 65.2 Å². The van der Waals surface area contributed by atoms with Crippen LogP contribution >= 0.6 is 0 Å². The maximum absolute atomic E-state index is 12.5. The highest BCUT2D eigenvalue weighted by Gasteiger charge is 2.15. The van der Waals surface area contributed by atoms with E-state index >= 15 is 0 Å². The fraction of sp³-hybridized carbons (Fsp3) is 0.190. The van der Waals surface area contributed by atoms with Crippen molar-refractivity contribution in [3.63, 3.8) is 0 Å². The molecule has 0 atom stereocenters. The molecule has 0 saturated heterocycles. The highest BCUT2D eigenvalue weighted by Crippen LogP contribution is 2.25. The Labute approximate surface area is 156 Å². The van der Waals surface area contributed by atoms with Crippen LogP contribution < -0.4 is 15.6 Å². The van der Waals surface area contributed by atoms with E-state index in [2.05, 4.69) is 10.3 Å². The Morgan fingerprint density at radius 1 is 1.15 bits per heavy atom. The summed E-state index contributed by atoms with van der Waals surface area (Å²) in [6.45, 7) is 5.61. The molecule has 0 bridgehead atoms. The van der Waals surface area contributed by atoms with Crippen LogP contribution in [-0.4, -0.2) is 18.4 Å². The van der Waals surface area contributed by atoms with Crippen LogP contribution in [0.1, 0.15) is 29.8 Å². The SMILES string of the molecule is CCOc1cccc2cc(C(=O)NC(C)=O)c(=Nc3ccc(C)cc3)oc12. The second-order valence-corrected chi connectivity index (χ2v) is 6.03. The maximum Gasteiger partial charge on any atom is 0.263 e. The molecule has 0 fully saturated rings. The largest absolute Gasteiger partial charge is 0.490 e. The van der Waals surface area contributed by atoms with Crippen molar-refractivity contribution in [2.45, 2.75) is 20.8 Å². The van der Waals surface area contributed by atoms with Crippen molar-refractivity contribution in [1.82, 2.24) is 5.32 Å². The van der Waals surface area contributed by atoms with Crippen LogP contribution in [0.3, 0.4) is 0 Å². The Morgan fingerprint density at radius 3 is 2.56 bits per heavy atom. The predicted molar refractivity (Wildman–Crippen MR) is 102 cm³/mol. The molecule has 6 heteroatoms. The number of nitrogens with one attached hydrogen (secondary N) is 1. The number of hydrogen-bond acceptors (Lipinski definition) is 5. The van der Waals surface area contributed by atoms with Crippen LogP contribution in [0.2, 0.25) is 0 Å². The lowest BCUT2D eigenvalue weighted by molar-refractivity contribution is -0.118. The quantitative estimate of drug-likeness (QED) is 0.766. The van der Waals surface area contributed by atoms with Crippen LogP contribution in [0.25, 0.3) is 11.0 Å². The van der Waals surface area contributed by atoms with E-state index in [1.807, 2.05) is 50.2 Å². The van der Waals surface area contributed by atoms with Crippen molar-refractivity contribution in [3.8, 4) is 5.75 Å². The Kier molecular flexibility index (Phi) is 5.35. The number of para-hydroxylation sites is 1. The zero-order chi connectivity index (χ0) is 19.4. The molecule has 0 aliphatic rings. The van der Waals surface area contributed by atoms with Gasteiger partial charge in [0, 0.05) is 12.3 Å². The van der Waals surface area contributed by atoms with Gasteiger partial charge in [0.15, 0.2) is 11.3 Å². The number of nitrogens with zero attached hydrogens (tertiary/aromatic N) is 1. The number of benzene rings is 2. The second kappa shape index (κ2) is 7.86. The summed E-state index contributed by atoms with van der Waals surface area (Å²) in [5.74, 6) is -0.459. The first-order chi connectivity index (χ1) is 13.0. The molecule has 3 aromatic rings. The molecule has 2 aromatic carbocycles. The molecule has 138 valence electrons. The molecule has 0 aliphatic heterocycles. The number of imide groups is 1. The number of rotatable bonds is 4. The van der Waals surface area contributed by atoms with Gasteiger partial charge in [0.1, 0.15) is 5.56 Å². The molecular weight excluding hydrogens is 344 g/mol. The summed E-state index contributed by atoms with van der Waals surface area (Å²) in [5, 5.41) is 2.95. The monoisotopic (exact) mass is 364 g/mol. The van der Waals surface area contributed by atoms with Gasteiger partial charge in [-0.1, -0.05) is 29.8 Å². The topological polar surface area (TPSA) is 80.9 Å².